The first-order valence-corrected chi connectivity index (χ1v) is 6.64. The second-order valence-electron chi connectivity index (χ2n) is 4.70. The first-order chi connectivity index (χ1) is 8.49. The van der Waals surface area contributed by atoms with Crippen LogP contribution in [0, 0.1) is 5.92 Å². The third-order valence-electron chi connectivity index (χ3n) is 2.64. The molecule has 0 aromatic rings. The molecule has 0 fully saturated rings. The van der Waals surface area contributed by atoms with Gasteiger partial charge >= 0.3 is 11.9 Å². The molecule has 1 atom stereocenters. The van der Waals surface area contributed by atoms with Gasteiger partial charge in [0.05, 0.1) is 13.2 Å². The van der Waals surface area contributed by atoms with Gasteiger partial charge in [-0.15, -0.1) is 0 Å². The number of carbonyl (C=O) groups excluding carboxylic acids is 2. The molecule has 5 nitrogen and oxygen atoms in total. The fourth-order valence-electron chi connectivity index (χ4n) is 1.17. The molecule has 0 radical (unpaired) electrons. The van der Waals surface area contributed by atoms with Crippen molar-refractivity contribution in [2.45, 2.75) is 52.5 Å². The minimum Gasteiger partial charge on any atom is -0.466 e. The van der Waals surface area contributed by atoms with E-state index in [0.717, 1.165) is 12.8 Å². The van der Waals surface area contributed by atoms with Crippen molar-refractivity contribution in [3.05, 3.63) is 0 Å². The Morgan fingerprint density at radius 1 is 1.11 bits per heavy atom. The van der Waals surface area contributed by atoms with E-state index in [2.05, 4.69) is 5.73 Å². The predicted molar refractivity (Wildman–Crippen MR) is 67.6 cm³/mol. The summed E-state index contributed by atoms with van der Waals surface area (Å²) in [6, 6.07) is -0.346. The summed E-state index contributed by atoms with van der Waals surface area (Å²) in [6.45, 7) is 6.61. The normalized spacial score (nSPS) is 12.3. The quantitative estimate of drug-likeness (QED) is 0.494. The van der Waals surface area contributed by atoms with Crippen molar-refractivity contribution in [3.8, 4) is 0 Å². The van der Waals surface area contributed by atoms with Crippen LogP contribution in [0.25, 0.3) is 0 Å². The molecule has 0 aromatic heterocycles. The van der Waals surface area contributed by atoms with Gasteiger partial charge in [-0.1, -0.05) is 27.2 Å². The molecule has 0 heterocycles. The maximum atomic E-state index is 11.4. The zero-order chi connectivity index (χ0) is 14.0. The molecule has 0 aliphatic heterocycles. The number of rotatable bonds is 9. The Labute approximate surface area is 109 Å². The number of hydrogen-bond acceptors (Lipinski definition) is 4. The molecule has 0 bridgehead atoms. The highest BCUT2D eigenvalue weighted by atomic mass is 16.5. The first-order valence-electron chi connectivity index (χ1n) is 6.64. The van der Waals surface area contributed by atoms with E-state index in [0.29, 0.717) is 19.4 Å². The largest absolute Gasteiger partial charge is 0.466 e. The molecule has 106 valence electrons. The topological polar surface area (TPSA) is 80.2 Å². The van der Waals surface area contributed by atoms with E-state index in [1.54, 1.807) is 0 Å². The third-order valence-corrected chi connectivity index (χ3v) is 2.64. The molecule has 0 saturated carbocycles. The number of esters is 2. The number of carbonyl (C=O) groups is 2. The smallest absolute Gasteiger partial charge is 0.365 e. The maximum Gasteiger partial charge on any atom is 0.365 e. The molecule has 0 unspecified atom stereocenters. The van der Waals surface area contributed by atoms with Gasteiger partial charge in [-0.25, -0.2) is 4.79 Å². The lowest BCUT2D eigenvalue weighted by atomic mass is 10.1. The minimum absolute atomic E-state index is 0.163. The Kier molecular flexibility index (Phi) is 9.28. The summed E-state index contributed by atoms with van der Waals surface area (Å²) in [5.74, 6) is -0.365. The average molecular weight is 260 g/mol. The summed E-state index contributed by atoms with van der Waals surface area (Å²) in [4.78, 5) is 22.7. The van der Waals surface area contributed by atoms with Crippen LogP contribution in [0.15, 0.2) is 0 Å². The molecular weight excluding hydrogens is 234 g/mol. The van der Waals surface area contributed by atoms with Crippen molar-refractivity contribution in [3.63, 3.8) is 0 Å². The molecule has 5 heteroatoms. The maximum absolute atomic E-state index is 11.4. The van der Waals surface area contributed by atoms with Crippen LogP contribution in [0.4, 0.5) is 0 Å². The Bertz CT molecular complexity index is 253. The zero-order valence-electron chi connectivity index (χ0n) is 11.7. The first kappa shape index (κ1) is 16.9. The summed E-state index contributed by atoms with van der Waals surface area (Å²) in [5.41, 5.74) is 3.74. The number of quaternary nitrogens is 1. The Morgan fingerprint density at radius 3 is 2.28 bits per heavy atom. The highest BCUT2D eigenvalue weighted by molar-refractivity contribution is 5.74. The van der Waals surface area contributed by atoms with Gasteiger partial charge in [-0.2, -0.15) is 0 Å². The second kappa shape index (κ2) is 9.88. The van der Waals surface area contributed by atoms with E-state index in [-0.39, 0.29) is 30.5 Å². The molecule has 0 aliphatic rings. The average Bonchev–Trinajstić information content (AvgIpc) is 2.33. The van der Waals surface area contributed by atoms with Gasteiger partial charge in [0.15, 0.2) is 6.04 Å². The van der Waals surface area contributed by atoms with Crippen LogP contribution in [0.2, 0.25) is 0 Å². The van der Waals surface area contributed by atoms with Crippen molar-refractivity contribution in [1.29, 1.82) is 0 Å². The van der Waals surface area contributed by atoms with Crippen molar-refractivity contribution in [2.24, 2.45) is 5.92 Å². The minimum atomic E-state index is -0.346. The molecule has 3 N–H and O–H groups in total. The monoisotopic (exact) mass is 260 g/mol. The summed E-state index contributed by atoms with van der Waals surface area (Å²) >= 11 is 0. The van der Waals surface area contributed by atoms with Crippen LogP contribution >= 0.6 is 0 Å². The van der Waals surface area contributed by atoms with Gasteiger partial charge in [-0.3, -0.25) is 4.79 Å². The molecule has 0 amide bonds. The van der Waals surface area contributed by atoms with Gasteiger partial charge in [0.2, 0.25) is 0 Å². The Morgan fingerprint density at radius 2 is 1.72 bits per heavy atom. The van der Waals surface area contributed by atoms with Crippen LogP contribution < -0.4 is 5.73 Å². The van der Waals surface area contributed by atoms with Gasteiger partial charge in [-0.05, 0) is 12.8 Å². The molecule has 0 rings (SSSR count). The van der Waals surface area contributed by atoms with Crippen LogP contribution in [0.1, 0.15) is 46.5 Å². The molecule has 0 aliphatic carbocycles. The number of ether oxygens (including phenoxy) is 2. The van der Waals surface area contributed by atoms with Crippen molar-refractivity contribution >= 4 is 11.9 Å². The molecule has 0 aromatic carbocycles. The lowest BCUT2D eigenvalue weighted by Gasteiger charge is -2.11. The van der Waals surface area contributed by atoms with Crippen LogP contribution in [0.5, 0.6) is 0 Å². The number of hydrogen-bond donors (Lipinski definition) is 1. The van der Waals surface area contributed by atoms with E-state index in [9.17, 15) is 9.59 Å². The van der Waals surface area contributed by atoms with E-state index in [1.165, 1.54) is 0 Å². The summed E-state index contributed by atoms with van der Waals surface area (Å²) in [6.07, 6.45) is 2.69. The van der Waals surface area contributed by atoms with Gasteiger partial charge in [0, 0.05) is 12.3 Å². The van der Waals surface area contributed by atoms with Crippen LogP contribution in [0.3, 0.4) is 0 Å². The standard InChI is InChI=1S/C13H25NO4/c1-4-5-8-17-11(15)7-6-9-18-13(16)12(14)10(2)3/h10,12H,4-9,14H2,1-3H3/p+1/t12-/m0/s1. The zero-order valence-corrected chi connectivity index (χ0v) is 11.7. The lowest BCUT2D eigenvalue weighted by Crippen LogP contribution is -2.67. The molecule has 0 saturated heterocycles. The lowest BCUT2D eigenvalue weighted by molar-refractivity contribution is -0.418. The van der Waals surface area contributed by atoms with Crippen molar-refractivity contribution in [2.75, 3.05) is 13.2 Å². The van der Waals surface area contributed by atoms with E-state index in [4.69, 9.17) is 9.47 Å². The fourth-order valence-corrected chi connectivity index (χ4v) is 1.17. The van der Waals surface area contributed by atoms with Crippen LogP contribution in [-0.4, -0.2) is 31.2 Å². The summed E-state index contributed by atoms with van der Waals surface area (Å²) < 4.78 is 10.0. The van der Waals surface area contributed by atoms with Crippen molar-refractivity contribution in [1.82, 2.24) is 0 Å². The van der Waals surface area contributed by atoms with E-state index >= 15 is 0 Å². The third kappa shape index (κ3) is 8.06. The van der Waals surface area contributed by atoms with Gasteiger partial charge < -0.3 is 15.2 Å². The summed E-state index contributed by atoms with van der Waals surface area (Å²) in [7, 11) is 0. The molecule has 18 heavy (non-hydrogen) atoms. The highest BCUT2D eigenvalue weighted by Crippen LogP contribution is 2.01. The molecule has 0 spiro atoms. The fraction of sp³-hybridized carbons (Fsp3) is 0.846. The summed E-state index contributed by atoms with van der Waals surface area (Å²) in [5, 5.41) is 0. The van der Waals surface area contributed by atoms with Gasteiger partial charge in [0.25, 0.3) is 0 Å². The Balaban J connectivity index is 3.55. The Hall–Kier alpha value is -1.10. The van der Waals surface area contributed by atoms with Crippen LogP contribution in [-0.2, 0) is 19.1 Å². The van der Waals surface area contributed by atoms with E-state index < -0.39 is 0 Å². The van der Waals surface area contributed by atoms with E-state index in [1.807, 2.05) is 20.8 Å². The predicted octanol–water partition coefficient (Wildman–Crippen LogP) is 0.920. The highest BCUT2D eigenvalue weighted by Gasteiger charge is 2.22. The van der Waals surface area contributed by atoms with Gasteiger partial charge in [0.1, 0.15) is 0 Å². The SMILES string of the molecule is CCCCOC(=O)CCCOC(=O)[C@@H]([NH3+])C(C)C. The number of unbranched alkanes of at least 4 members (excludes halogenated alkanes) is 1. The second-order valence-corrected chi connectivity index (χ2v) is 4.70. The van der Waals surface area contributed by atoms with Crippen molar-refractivity contribution < 1.29 is 24.8 Å². The molecular formula is C13H26NO4+.